The molecule has 1 aliphatic rings. The molecule has 2 aromatic rings. The molecule has 0 unspecified atom stereocenters. The topological polar surface area (TPSA) is 84.4 Å². The summed E-state index contributed by atoms with van der Waals surface area (Å²) in [5, 5.41) is 14.8. The number of nitrogens with zero attached hydrogens (tertiary/aromatic N) is 1. The van der Waals surface area contributed by atoms with Crippen molar-refractivity contribution in [2.45, 2.75) is 6.42 Å². The predicted octanol–water partition coefficient (Wildman–Crippen LogP) is 2.73. The van der Waals surface area contributed by atoms with E-state index in [9.17, 15) is 9.18 Å². The van der Waals surface area contributed by atoms with E-state index in [0.29, 0.717) is 25.4 Å². The van der Waals surface area contributed by atoms with Crippen LogP contribution in [0.5, 0.6) is 11.5 Å². The molecule has 1 aliphatic heterocycles. The Labute approximate surface area is 123 Å². The number of carboxylic acids is 1. The van der Waals surface area contributed by atoms with Gasteiger partial charge in [0.2, 0.25) is 0 Å². The van der Waals surface area contributed by atoms with E-state index in [1.807, 2.05) is 0 Å². The van der Waals surface area contributed by atoms with E-state index in [1.165, 1.54) is 12.1 Å². The summed E-state index contributed by atoms with van der Waals surface area (Å²) in [6.07, 6.45) is 0.660. The smallest absolute Gasteiger partial charge is 0.353 e. The summed E-state index contributed by atoms with van der Waals surface area (Å²) in [6.45, 7) is 0.812. The van der Waals surface area contributed by atoms with Gasteiger partial charge in [-0.05, 0) is 12.1 Å². The van der Waals surface area contributed by atoms with Crippen molar-refractivity contribution in [3.8, 4) is 22.8 Å². The van der Waals surface area contributed by atoms with Crippen LogP contribution in [0.15, 0.2) is 12.1 Å². The Hall–Kier alpha value is -2.28. The number of aromatic amines is 1. The molecule has 0 atom stereocenters. The van der Waals surface area contributed by atoms with Gasteiger partial charge in [0.05, 0.1) is 18.9 Å². The maximum Gasteiger partial charge on any atom is 0.353 e. The third-order valence-electron chi connectivity index (χ3n) is 3.00. The molecule has 21 heavy (non-hydrogen) atoms. The number of carbonyl (C=O) groups is 1. The van der Waals surface area contributed by atoms with Crippen LogP contribution in [0.1, 0.15) is 16.9 Å². The van der Waals surface area contributed by atoms with E-state index in [1.54, 1.807) is 0 Å². The molecule has 0 radical (unpaired) electrons. The number of fused-ring (bicyclic) bond motifs is 1. The van der Waals surface area contributed by atoms with Crippen molar-refractivity contribution in [2.24, 2.45) is 0 Å². The van der Waals surface area contributed by atoms with E-state index < -0.39 is 11.8 Å². The fraction of sp³-hybridized carbons (Fsp3) is 0.231. The van der Waals surface area contributed by atoms with Crippen molar-refractivity contribution >= 4 is 17.6 Å². The van der Waals surface area contributed by atoms with Crippen LogP contribution in [0.25, 0.3) is 11.3 Å². The Balaban J connectivity index is 2.12. The molecule has 0 saturated carbocycles. The Morgan fingerprint density at radius 3 is 2.86 bits per heavy atom. The van der Waals surface area contributed by atoms with Crippen LogP contribution in [-0.4, -0.2) is 34.5 Å². The van der Waals surface area contributed by atoms with Crippen molar-refractivity contribution in [3.63, 3.8) is 0 Å². The average Bonchev–Trinajstić information content (AvgIpc) is 2.83. The summed E-state index contributed by atoms with van der Waals surface area (Å²) in [4.78, 5) is 10.8. The minimum absolute atomic E-state index is 0.0491. The zero-order chi connectivity index (χ0) is 15.0. The minimum Gasteiger partial charge on any atom is -0.489 e. The quantitative estimate of drug-likeness (QED) is 0.890. The fourth-order valence-corrected chi connectivity index (χ4v) is 2.25. The summed E-state index contributed by atoms with van der Waals surface area (Å²) in [5.74, 6) is -1.45. The van der Waals surface area contributed by atoms with E-state index in [0.717, 1.165) is 0 Å². The number of ether oxygens (including phenoxy) is 2. The average molecular weight is 313 g/mol. The van der Waals surface area contributed by atoms with Crippen LogP contribution in [0.4, 0.5) is 4.39 Å². The second kappa shape index (κ2) is 5.25. The Bertz CT molecular complexity index is 716. The van der Waals surface area contributed by atoms with E-state index in [-0.39, 0.29) is 27.7 Å². The zero-order valence-electron chi connectivity index (χ0n) is 10.7. The van der Waals surface area contributed by atoms with Gasteiger partial charge in [-0.25, -0.2) is 9.18 Å². The first kappa shape index (κ1) is 13.7. The number of hydrogen-bond acceptors (Lipinski definition) is 4. The van der Waals surface area contributed by atoms with Gasteiger partial charge in [0.1, 0.15) is 10.7 Å². The van der Waals surface area contributed by atoms with Gasteiger partial charge < -0.3 is 14.6 Å². The van der Waals surface area contributed by atoms with Crippen molar-refractivity contribution in [1.82, 2.24) is 10.2 Å². The number of aromatic nitrogens is 2. The van der Waals surface area contributed by atoms with Crippen LogP contribution >= 0.6 is 11.6 Å². The van der Waals surface area contributed by atoms with Gasteiger partial charge in [-0.3, -0.25) is 5.10 Å². The standard InChI is InChI=1S/C13H10ClFN2O4/c14-10-11(15)6(7-5-8(13(18)19)17-16-7)4-9-12(10)21-3-1-2-20-9/h4-5H,1-3H2,(H,16,17)(H,18,19). The summed E-state index contributed by atoms with van der Waals surface area (Å²) in [5.41, 5.74) is 0.0306. The first-order valence-electron chi connectivity index (χ1n) is 6.14. The lowest BCUT2D eigenvalue weighted by Gasteiger charge is -2.12. The molecule has 2 N–H and O–H groups in total. The maximum absolute atomic E-state index is 14.3. The zero-order valence-corrected chi connectivity index (χ0v) is 11.4. The SMILES string of the molecule is O=C(O)c1cc(-c2cc3c(c(Cl)c2F)OCCCO3)n[nH]1. The third-order valence-corrected chi connectivity index (χ3v) is 3.34. The Kier molecular flexibility index (Phi) is 3.42. The van der Waals surface area contributed by atoms with Crippen LogP contribution in [0.2, 0.25) is 5.02 Å². The third kappa shape index (κ3) is 2.40. The molecule has 0 amide bonds. The number of H-pyrrole nitrogens is 1. The second-order valence-electron chi connectivity index (χ2n) is 4.40. The fourth-order valence-electron chi connectivity index (χ4n) is 2.00. The van der Waals surface area contributed by atoms with Gasteiger partial charge in [0, 0.05) is 12.0 Å². The van der Waals surface area contributed by atoms with Gasteiger partial charge in [-0.15, -0.1) is 0 Å². The predicted molar refractivity (Wildman–Crippen MR) is 71.6 cm³/mol. The minimum atomic E-state index is -1.19. The van der Waals surface area contributed by atoms with E-state index in [4.69, 9.17) is 26.2 Å². The molecule has 1 aromatic heterocycles. The lowest BCUT2D eigenvalue weighted by Crippen LogP contribution is -1.97. The molecular weight excluding hydrogens is 303 g/mol. The molecule has 3 rings (SSSR count). The number of halogens is 2. The molecule has 0 bridgehead atoms. The van der Waals surface area contributed by atoms with E-state index in [2.05, 4.69) is 10.2 Å². The van der Waals surface area contributed by atoms with Gasteiger partial charge in [0.15, 0.2) is 17.3 Å². The molecule has 2 heterocycles. The summed E-state index contributed by atoms with van der Waals surface area (Å²) in [7, 11) is 0. The monoisotopic (exact) mass is 312 g/mol. The highest BCUT2D eigenvalue weighted by Gasteiger charge is 2.23. The summed E-state index contributed by atoms with van der Waals surface area (Å²) >= 11 is 5.97. The van der Waals surface area contributed by atoms with Gasteiger partial charge in [0.25, 0.3) is 0 Å². The number of benzene rings is 1. The van der Waals surface area contributed by atoms with Crippen molar-refractivity contribution in [2.75, 3.05) is 13.2 Å². The number of rotatable bonds is 2. The lowest BCUT2D eigenvalue weighted by molar-refractivity contribution is 0.0690. The maximum atomic E-state index is 14.3. The lowest BCUT2D eigenvalue weighted by atomic mass is 10.1. The van der Waals surface area contributed by atoms with Crippen molar-refractivity contribution in [1.29, 1.82) is 0 Å². The largest absolute Gasteiger partial charge is 0.489 e. The molecule has 0 fully saturated rings. The molecule has 0 spiro atoms. The highest BCUT2D eigenvalue weighted by Crippen LogP contribution is 2.43. The highest BCUT2D eigenvalue weighted by atomic mass is 35.5. The Morgan fingerprint density at radius 1 is 1.38 bits per heavy atom. The van der Waals surface area contributed by atoms with Crippen LogP contribution < -0.4 is 9.47 Å². The molecule has 6 nitrogen and oxygen atoms in total. The Morgan fingerprint density at radius 2 is 2.14 bits per heavy atom. The van der Waals surface area contributed by atoms with Crippen LogP contribution in [-0.2, 0) is 0 Å². The first-order valence-corrected chi connectivity index (χ1v) is 6.52. The van der Waals surface area contributed by atoms with Crippen molar-refractivity contribution < 1.29 is 23.8 Å². The van der Waals surface area contributed by atoms with E-state index >= 15 is 0 Å². The first-order chi connectivity index (χ1) is 10.1. The molecular formula is C13H10ClFN2O4. The van der Waals surface area contributed by atoms with Crippen LogP contribution in [0, 0.1) is 5.82 Å². The molecule has 110 valence electrons. The highest BCUT2D eigenvalue weighted by molar-refractivity contribution is 6.32. The number of carboxylic acid groups (broad SMARTS) is 1. The number of nitrogens with one attached hydrogen (secondary N) is 1. The molecule has 0 aliphatic carbocycles. The van der Waals surface area contributed by atoms with Gasteiger partial charge in [-0.1, -0.05) is 11.6 Å². The number of aromatic carboxylic acids is 1. The molecule has 8 heteroatoms. The molecule has 1 aromatic carbocycles. The number of hydrogen-bond donors (Lipinski definition) is 2. The van der Waals surface area contributed by atoms with Gasteiger partial charge in [-0.2, -0.15) is 5.10 Å². The van der Waals surface area contributed by atoms with Crippen LogP contribution in [0.3, 0.4) is 0 Å². The summed E-state index contributed by atoms with van der Waals surface area (Å²) < 4.78 is 25.2. The second-order valence-corrected chi connectivity index (χ2v) is 4.78. The van der Waals surface area contributed by atoms with Crippen molar-refractivity contribution in [3.05, 3.63) is 28.7 Å². The normalized spacial score (nSPS) is 13.8. The summed E-state index contributed by atoms with van der Waals surface area (Å²) in [6, 6.07) is 2.63. The van der Waals surface area contributed by atoms with Gasteiger partial charge >= 0.3 is 5.97 Å². The molecule has 0 saturated heterocycles.